The molecule has 1 heteroatoms. The summed E-state index contributed by atoms with van der Waals surface area (Å²) in [4.78, 5) is 0. The molecule has 0 radical (unpaired) electrons. The van der Waals surface area contributed by atoms with Gasteiger partial charge in [-0.25, -0.2) is 0 Å². The minimum absolute atomic E-state index is 0.297. The zero-order valence-corrected chi connectivity index (χ0v) is 10.5. The molecule has 88 valence electrons. The summed E-state index contributed by atoms with van der Waals surface area (Å²) in [6, 6.07) is 0.297. The molecule has 0 aliphatic heterocycles. The fraction of sp³-hybridized carbons (Fsp3) is 0.857. The van der Waals surface area contributed by atoms with Crippen molar-refractivity contribution >= 4 is 0 Å². The van der Waals surface area contributed by atoms with Gasteiger partial charge in [-0.3, -0.25) is 0 Å². The van der Waals surface area contributed by atoms with Crippen LogP contribution in [0.15, 0.2) is 0 Å². The largest absolute Gasteiger partial charge is 0.304 e. The molecule has 0 spiro atoms. The molecule has 0 fully saturated rings. The van der Waals surface area contributed by atoms with E-state index >= 15 is 0 Å². The van der Waals surface area contributed by atoms with E-state index in [1.807, 2.05) is 0 Å². The van der Waals surface area contributed by atoms with Crippen molar-refractivity contribution in [1.82, 2.24) is 5.32 Å². The average molecular weight is 209 g/mol. The molecule has 0 aromatic heterocycles. The average Bonchev–Trinajstić information content (AvgIpc) is 2.26. The molecular weight excluding hydrogens is 182 g/mol. The molecule has 0 aliphatic rings. The molecule has 0 saturated carbocycles. The third-order valence-electron chi connectivity index (χ3n) is 2.75. The standard InChI is InChI=1S/C14H27N/c1-4-7-8-9-10-11-12-13-14(5-2)15-6-3/h2,14-15H,4,6-13H2,1,3H3. The lowest BCUT2D eigenvalue weighted by Gasteiger charge is -2.10. The Labute approximate surface area is 96.0 Å². The van der Waals surface area contributed by atoms with Crippen LogP contribution in [0.5, 0.6) is 0 Å². The molecule has 15 heavy (non-hydrogen) atoms. The Hall–Kier alpha value is -0.480. The van der Waals surface area contributed by atoms with Crippen LogP contribution in [0.1, 0.15) is 65.2 Å². The smallest absolute Gasteiger partial charge is 0.0686 e. The molecule has 0 aliphatic carbocycles. The van der Waals surface area contributed by atoms with Crippen LogP contribution >= 0.6 is 0 Å². The van der Waals surface area contributed by atoms with E-state index in [2.05, 4.69) is 25.1 Å². The summed E-state index contributed by atoms with van der Waals surface area (Å²) >= 11 is 0. The number of terminal acetylenes is 1. The van der Waals surface area contributed by atoms with Gasteiger partial charge in [-0.15, -0.1) is 6.42 Å². The molecule has 1 N–H and O–H groups in total. The van der Waals surface area contributed by atoms with Gasteiger partial charge in [0.05, 0.1) is 6.04 Å². The Kier molecular flexibility index (Phi) is 11.2. The minimum Gasteiger partial charge on any atom is -0.304 e. The fourth-order valence-corrected chi connectivity index (χ4v) is 1.80. The Morgan fingerprint density at radius 3 is 2.13 bits per heavy atom. The van der Waals surface area contributed by atoms with Crippen molar-refractivity contribution in [2.45, 2.75) is 71.3 Å². The van der Waals surface area contributed by atoms with E-state index in [1.165, 1.54) is 44.9 Å². The van der Waals surface area contributed by atoms with Gasteiger partial charge < -0.3 is 5.32 Å². The number of unbranched alkanes of at least 4 members (excludes halogenated alkanes) is 6. The van der Waals surface area contributed by atoms with Gasteiger partial charge in [0.1, 0.15) is 0 Å². The third kappa shape index (κ3) is 9.82. The van der Waals surface area contributed by atoms with Crippen molar-refractivity contribution in [3.63, 3.8) is 0 Å². The number of nitrogens with one attached hydrogen (secondary N) is 1. The van der Waals surface area contributed by atoms with Gasteiger partial charge in [-0.1, -0.05) is 64.7 Å². The fourth-order valence-electron chi connectivity index (χ4n) is 1.80. The molecule has 0 aromatic carbocycles. The summed E-state index contributed by atoms with van der Waals surface area (Å²) < 4.78 is 0. The summed E-state index contributed by atoms with van der Waals surface area (Å²) in [5.74, 6) is 2.80. The topological polar surface area (TPSA) is 12.0 Å². The predicted molar refractivity (Wildman–Crippen MR) is 68.9 cm³/mol. The molecular formula is C14H27N. The quantitative estimate of drug-likeness (QED) is 0.427. The number of rotatable bonds is 10. The maximum absolute atomic E-state index is 5.43. The van der Waals surface area contributed by atoms with E-state index in [4.69, 9.17) is 6.42 Å². The molecule has 0 saturated heterocycles. The van der Waals surface area contributed by atoms with Crippen LogP contribution in [0.2, 0.25) is 0 Å². The van der Waals surface area contributed by atoms with Crippen LogP contribution in [0, 0.1) is 12.3 Å². The number of hydrogen-bond acceptors (Lipinski definition) is 1. The monoisotopic (exact) mass is 209 g/mol. The van der Waals surface area contributed by atoms with E-state index in [1.54, 1.807) is 0 Å². The second-order valence-electron chi connectivity index (χ2n) is 4.19. The molecule has 0 bridgehead atoms. The van der Waals surface area contributed by atoms with Gasteiger partial charge in [0.2, 0.25) is 0 Å². The summed E-state index contributed by atoms with van der Waals surface area (Å²) in [6.07, 6.45) is 16.1. The Morgan fingerprint density at radius 1 is 1.00 bits per heavy atom. The minimum atomic E-state index is 0.297. The molecule has 1 unspecified atom stereocenters. The van der Waals surface area contributed by atoms with E-state index in [9.17, 15) is 0 Å². The first-order valence-electron chi connectivity index (χ1n) is 6.54. The highest BCUT2D eigenvalue weighted by molar-refractivity contribution is 4.98. The predicted octanol–water partition coefficient (Wildman–Crippen LogP) is 3.74. The summed E-state index contributed by atoms with van der Waals surface area (Å²) in [7, 11) is 0. The van der Waals surface area contributed by atoms with Crippen molar-refractivity contribution in [3.05, 3.63) is 0 Å². The normalized spacial score (nSPS) is 12.3. The van der Waals surface area contributed by atoms with Crippen LogP contribution in [-0.4, -0.2) is 12.6 Å². The zero-order valence-electron chi connectivity index (χ0n) is 10.5. The van der Waals surface area contributed by atoms with Crippen molar-refractivity contribution in [2.75, 3.05) is 6.54 Å². The van der Waals surface area contributed by atoms with Gasteiger partial charge in [0, 0.05) is 0 Å². The maximum Gasteiger partial charge on any atom is 0.0686 e. The SMILES string of the molecule is C#CC(CCCCCCCCC)NCC. The summed E-state index contributed by atoms with van der Waals surface area (Å²) in [6.45, 7) is 5.34. The van der Waals surface area contributed by atoms with E-state index in [0.717, 1.165) is 13.0 Å². The molecule has 0 aromatic rings. The molecule has 0 heterocycles. The van der Waals surface area contributed by atoms with Crippen LogP contribution in [0.25, 0.3) is 0 Å². The summed E-state index contributed by atoms with van der Waals surface area (Å²) in [5, 5.41) is 3.31. The van der Waals surface area contributed by atoms with E-state index in [-0.39, 0.29) is 0 Å². The zero-order chi connectivity index (χ0) is 11.4. The highest BCUT2D eigenvalue weighted by Crippen LogP contribution is 2.09. The Morgan fingerprint density at radius 2 is 1.60 bits per heavy atom. The first-order valence-corrected chi connectivity index (χ1v) is 6.54. The molecule has 1 nitrogen and oxygen atoms in total. The molecule has 1 atom stereocenters. The Bertz CT molecular complexity index is 157. The highest BCUT2D eigenvalue weighted by atomic mass is 14.9. The van der Waals surface area contributed by atoms with E-state index < -0.39 is 0 Å². The van der Waals surface area contributed by atoms with Gasteiger partial charge in [0.25, 0.3) is 0 Å². The van der Waals surface area contributed by atoms with Crippen LogP contribution < -0.4 is 5.32 Å². The second kappa shape index (κ2) is 11.6. The lowest BCUT2D eigenvalue weighted by atomic mass is 10.1. The first-order chi connectivity index (χ1) is 7.35. The van der Waals surface area contributed by atoms with Crippen LogP contribution in [0.4, 0.5) is 0 Å². The van der Waals surface area contributed by atoms with E-state index in [0.29, 0.717) is 6.04 Å². The second-order valence-corrected chi connectivity index (χ2v) is 4.19. The maximum atomic E-state index is 5.43. The van der Waals surface area contributed by atoms with Crippen molar-refractivity contribution in [1.29, 1.82) is 0 Å². The molecule has 0 amide bonds. The lowest BCUT2D eigenvalue weighted by Crippen LogP contribution is -2.26. The van der Waals surface area contributed by atoms with Crippen molar-refractivity contribution in [2.24, 2.45) is 0 Å². The van der Waals surface area contributed by atoms with Gasteiger partial charge in [-0.05, 0) is 13.0 Å². The third-order valence-corrected chi connectivity index (χ3v) is 2.75. The van der Waals surface area contributed by atoms with Gasteiger partial charge in [-0.2, -0.15) is 0 Å². The van der Waals surface area contributed by atoms with Crippen LogP contribution in [0.3, 0.4) is 0 Å². The number of hydrogen-bond donors (Lipinski definition) is 1. The lowest BCUT2D eigenvalue weighted by molar-refractivity contribution is 0.524. The van der Waals surface area contributed by atoms with Crippen molar-refractivity contribution < 1.29 is 0 Å². The van der Waals surface area contributed by atoms with Crippen LogP contribution in [-0.2, 0) is 0 Å². The highest BCUT2D eigenvalue weighted by Gasteiger charge is 2.01. The molecule has 0 rings (SSSR count). The van der Waals surface area contributed by atoms with Gasteiger partial charge >= 0.3 is 0 Å². The van der Waals surface area contributed by atoms with Gasteiger partial charge in [0.15, 0.2) is 0 Å². The van der Waals surface area contributed by atoms with Crippen molar-refractivity contribution in [3.8, 4) is 12.3 Å². The first kappa shape index (κ1) is 14.5. The summed E-state index contributed by atoms with van der Waals surface area (Å²) in [5.41, 5.74) is 0. The Balaban J connectivity index is 3.19.